The third-order valence-electron chi connectivity index (χ3n) is 3.47. The van der Waals surface area contributed by atoms with Gasteiger partial charge in [-0.15, -0.1) is 0 Å². The molecule has 108 valence electrons. The van der Waals surface area contributed by atoms with Gasteiger partial charge in [0.1, 0.15) is 0 Å². The van der Waals surface area contributed by atoms with Gasteiger partial charge in [-0.25, -0.2) is 12.7 Å². The van der Waals surface area contributed by atoms with E-state index in [1.807, 2.05) is 13.8 Å². The fraction of sp³-hybridized carbons (Fsp3) is 0.571. The van der Waals surface area contributed by atoms with Crippen LogP contribution in [-0.4, -0.2) is 26.3 Å². The Kier molecular flexibility index (Phi) is 5.38. The van der Waals surface area contributed by atoms with Gasteiger partial charge >= 0.3 is 0 Å². The molecule has 1 aromatic carbocycles. The fourth-order valence-corrected chi connectivity index (χ4v) is 3.23. The lowest BCUT2D eigenvalue weighted by atomic mass is 10.1. The first kappa shape index (κ1) is 16.0. The third-order valence-corrected chi connectivity index (χ3v) is 5.29. The number of sulfonamides is 1. The number of anilines is 1. The van der Waals surface area contributed by atoms with Crippen molar-refractivity contribution in [2.45, 2.75) is 38.5 Å². The fourth-order valence-electron chi connectivity index (χ4n) is 1.90. The van der Waals surface area contributed by atoms with Gasteiger partial charge in [-0.1, -0.05) is 33.3 Å². The largest absolute Gasteiger partial charge is 0.398 e. The molecule has 0 heterocycles. The first-order valence-electron chi connectivity index (χ1n) is 6.67. The summed E-state index contributed by atoms with van der Waals surface area (Å²) in [5.41, 5.74) is 7.39. The van der Waals surface area contributed by atoms with E-state index in [0.717, 1.165) is 18.4 Å². The molecule has 0 aliphatic rings. The van der Waals surface area contributed by atoms with Crippen LogP contribution in [0.15, 0.2) is 23.1 Å². The minimum atomic E-state index is -3.44. The lowest BCUT2D eigenvalue weighted by Crippen LogP contribution is -2.31. The van der Waals surface area contributed by atoms with Gasteiger partial charge < -0.3 is 5.73 Å². The van der Waals surface area contributed by atoms with E-state index in [1.54, 1.807) is 25.2 Å². The number of nitrogen functional groups attached to an aromatic ring is 1. The summed E-state index contributed by atoms with van der Waals surface area (Å²) in [6.45, 7) is 6.61. The molecule has 0 aromatic heterocycles. The minimum Gasteiger partial charge on any atom is -0.398 e. The van der Waals surface area contributed by atoms with Crippen molar-refractivity contribution >= 4 is 15.7 Å². The summed E-state index contributed by atoms with van der Waals surface area (Å²) in [5, 5.41) is 0. The summed E-state index contributed by atoms with van der Waals surface area (Å²) < 4.78 is 26.2. The van der Waals surface area contributed by atoms with Crippen LogP contribution in [0.3, 0.4) is 0 Å². The Morgan fingerprint density at radius 1 is 1.32 bits per heavy atom. The third kappa shape index (κ3) is 3.70. The van der Waals surface area contributed by atoms with Crippen molar-refractivity contribution in [2.24, 2.45) is 5.92 Å². The first-order chi connectivity index (χ1) is 8.82. The maximum Gasteiger partial charge on any atom is 0.242 e. The zero-order valence-corrected chi connectivity index (χ0v) is 13.0. The molecule has 0 amide bonds. The number of nitrogens with two attached hydrogens (primary N) is 1. The lowest BCUT2D eigenvalue weighted by Gasteiger charge is -2.21. The van der Waals surface area contributed by atoms with E-state index >= 15 is 0 Å². The van der Waals surface area contributed by atoms with E-state index in [-0.39, 0.29) is 4.90 Å². The Bertz CT molecular complexity index is 526. The molecule has 0 saturated heterocycles. The van der Waals surface area contributed by atoms with E-state index in [9.17, 15) is 8.42 Å². The molecule has 0 fully saturated rings. The van der Waals surface area contributed by atoms with E-state index in [0.29, 0.717) is 18.2 Å². The summed E-state index contributed by atoms with van der Waals surface area (Å²) in [4.78, 5) is 0.271. The van der Waals surface area contributed by atoms with Gasteiger partial charge in [0.15, 0.2) is 0 Å². The topological polar surface area (TPSA) is 63.4 Å². The van der Waals surface area contributed by atoms with Crippen molar-refractivity contribution in [3.05, 3.63) is 23.8 Å². The predicted octanol–water partition coefficient (Wildman–Crippen LogP) is 2.50. The molecular formula is C14H24N2O2S. The van der Waals surface area contributed by atoms with Gasteiger partial charge in [0.25, 0.3) is 0 Å². The number of rotatable bonds is 6. The molecule has 5 heteroatoms. The van der Waals surface area contributed by atoms with Crippen LogP contribution in [0.5, 0.6) is 0 Å². The van der Waals surface area contributed by atoms with Crippen LogP contribution in [0.2, 0.25) is 0 Å². The van der Waals surface area contributed by atoms with E-state index in [1.165, 1.54) is 4.31 Å². The maximum absolute atomic E-state index is 12.4. The minimum absolute atomic E-state index is 0.271. The highest BCUT2D eigenvalue weighted by atomic mass is 32.2. The zero-order valence-electron chi connectivity index (χ0n) is 12.2. The Labute approximate surface area is 116 Å². The van der Waals surface area contributed by atoms with Crippen LogP contribution >= 0.6 is 0 Å². The number of hydrogen-bond acceptors (Lipinski definition) is 3. The Morgan fingerprint density at radius 2 is 1.95 bits per heavy atom. The smallest absolute Gasteiger partial charge is 0.242 e. The van der Waals surface area contributed by atoms with Gasteiger partial charge in [0.2, 0.25) is 10.0 Å². The highest BCUT2D eigenvalue weighted by molar-refractivity contribution is 7.89. The second-order valence-electron chi connectivity index (χ2n) is 5.01. The SMILES string of the molecule is CCc1ccc(S(=O)(=O)N(C)CC(C)CC)cc1N. The molecule has 0 saturated carbocycles. The zero-order chi connectivity index (χ0) is 14.6. The average Bonchev–Trinajstić information content (AvgIpc) is 2.38. The number of hydrogen-bond donors (Lipinski definition) is 1. The molecule has 4 nitrogen and oxygen atoms in total. The van der Waals surface area contributed by atoms with Crippen LogP contribution in [0.1, 0.15) is 32.8 Å². The van der Waals surface area contributed by atoms with E-state index in [4.69, 9.17) is 5.73 Å². The van der Waals surface area contributed by atoms with Gasteiger partial charge in [-0.05, 0) is 30.0 Å². The van der Waals surface area contributed by atoms with E-state index in [2.05, 4.69) is 6.92 Å². The highest BCUT2D eigenvalue weighted by Crippen LogP contribution is 2.21. The molecule has 0 bridgehead atoms. The molecule has 1 unspecified atom stereocenters. The number of aryl methyl sites for hydroxylation is 1. The molecule has 0 aliphatic carbocycles. The van der Waals surface area contributed by atoms with Crippen molar-refractivity contribution in [1.82, 2.24) is 4.31 Å². The first-order valence-corrected chi connectivity index (χ1v) is 8.11. The van der Waals surface area contributed by atoms with E-state index < -0.39 is 10.0 Å². The molecule has 2 N–H and O–H groups in total. The quantitative estimate of drug-likeness (QED) is 0.816. The van der Waals surface area contributed by atoms with Crippen molar-refractivity contribution < 1.29 is 8.42 Å². The van der Waals surface area contributed by atoms with Gasteiger partial charge in [0, 0.05) is 19.3 Å². The Morgan fingerprint density at radius 3 is 2.42 bits per heavy atom. The van der Waals surface area contributed by atoms with Crippen LogP contribution in [0, 0.1) is 5.92 Å². The summed E-state index contributed by atoms with van der Waals surface area (Å²) >= 11 is 0. The van der Waals surface area contributed by atoms with Crippen molar-refractivity contribution in [1.29, 1.82) is 0 Å². The highest BCUT2D eigenvalue weighted by Gasteiger charge is 2.22. The molecular weight excluding hydrogens is 260 g/mol. The van der Waals surface area contributed by atoms with Crippen molar-refractivity contribution in [2.75, 3.05) is 19.3 Å². The molecule has 19 heavy (non-hydrogen) atoms. The molecule has 1 rings (SSSR count). The van der Waals surface area contributed by atoms with Crippen LogP contribution < -0.4 is 5.73 Å². The van der Waals surface area contributed by atoms with Crippen molar-refractivity contribution in [3.8, 4) is 0 Å². The summed E-state index contributed by atoms with van der Waals surface area (Å²) in [6.07, 6.45) is 1.76. The Hall–Kier alpha value is -1.07. The van der Waals surface area contributed by atoms with Crippen LogP contribution in [0.4, 0.5) is 5.69 Å². The standard InChI is InChI=1S/C14H24N2O2S/c1-5-11(3)10-16(4)19(17,18)13-8-7-12(6-2)14(15)9-13/h7-9,11H,5-6,10,15H2,1-4H3. The molecule has 1 atom stereocenters. The second-order valence-corrected chi connectivity index (χ2v) is 7.06. The summed E-state index contributed by atoms with van der Waals surface area (Å²) in [6, 6.07) is 4.98. The number of benzene rings is 1. The monoisotopic (exact) mass is 284 g/mol. The summed E-state index contributed by atoms with van der Waals surface area (Å²) in [5.74, 6) is 0.340. The van der Waals surface area contributed by atoms with Gasteiger partial charge in [-0.2, -0.15) is 0 Å². The average molecular weight is 284 g/mol. The predicted molar refractivity (Wildman–Crippen MR) is 79.5 cm³/mol. The lowest BCUT2D eigenvalue weighted by molar-refractivity contribution is 0.393. The van der Waals surface area contributed by atoms with Gasteiger partial charge in [-0.3, -0.25) is 0 Å². The summed E-state index contributed by atoms with van der Waals surface area (Å²) in [7, 11) is -1.82. The molecule has 1 aromatic rings. The second kappa shape index (κ2) is 6.39. The normalized spacial score (nSPS) is 13.7. The number of nitrogens with zero attached hydrogens (tertiary/aromatic N) is 1. The van der Waals surface area contributed by atoms with Crippen LogP contribution in [0.25, 0.3) is 0 Å². The molecule has 0 radical (unpaired) electrons. The molecule has 0 aliphatic heterocycles. The van der Waals surface area contributed by atoms with Gasteiger partial charge in [0.05, 0.1) is 4.90 Å². The maximum atomic E-state index is 12.4. The Balaban J connectivity index is 3.03. The van der Waals surface area contributed by atoms with Crippen LogP contribution in [-0.2, 0) is 16.4 Å². The molecule has 0 spiro atoms. The van der Waals surface area contributed by atoms with Crippen molar-refractivity contribution in [3.63, 3.8) is 0 Å².